The molecule has 0 saturated carbocycles. The van der Waals surface area contributed by atoms with Crippen LogP contribution in [-0.4, -0.2) is 5.97 Å². The van der Waals surface area contributed by atoms with Crippen LogP contribution in [0.5, 0.6) is 0 Å². The first-order valence-corrected chi connectivity index (χ1v) is 5.47. The topological polar surface area (TPSA) is 26.3 Å². The van der Waals surface area contributed by atoms with Crippen molar-refractivity contribution in [3.8, 4) is 0 Å². The SMILES string of the molecule is C=COC(C)=O.CCCCCCCC. The second-order valence-electron chi connectivity index (χ2n) is 3.19. The summed E-state index contributed by atoms with van der Waals surface area (Å²) in [6.45, 7) is 8.99. The first kappa shape index (κ1) is 15.7. The lowest BCUT2D eigenvalue weighted by Crippen LogP contribution is -1.87. The molecule has 84 valence electrons. The van der Waals surface area contributed by atoms with Gasteiger partial charge in [-0.25, -0.2) is 0 Å². The Kier molecular flexibility index (Phi) is 16.5. The van der Waals surface area contributed by atoms with Crippen LogP contribution in [0.4, 0.5) is 0 Å². The molecule has 14 heavy (non-hydrogen) atoms. The van der Waals surface area contributed by atoms with Gasteiger partial charge in [0.1, 0.15) is 0 Å². The molecule has 0 heterocycles. The molecule has 0 rings (SSSR count). The van der Waals surface area contributed by atoms with Gasteiger partial charge < -0.3 is 4.74 Å². The van der Waals surface area contributed by atoms with Gasteiger partial charge in [-0.1, -0.05) is 59.0 Å². The van der Waals surface area contributed by atoms with E-state index in [1.165, 1.54) is 45.4 Å². The van der Waals surface area contributed by atoms with Gasteiger partial charge in [-0.15, -0.1) is 0 Å². The third kappa shape index (κ3) is 22.5. The van der Waals surface area contributed by atoms with E-state index in [-0.39, 0.29) is 5.97 Å². The van der Waals surface area contributed by atoms with Gasteiger partial charge in [0.2, 0.25) is 0 Å². The van der Waals surface area contributed by atoms with Crippen LogP contribution < -0.4 is 0 Å². The Hall–Kier alpha value is -0.790. The Morgan fingerprint density at radius 1 is 1.14 bits per heavy atom. The summed E-state index contributed by atoms with van der Waals surface area (Å²) in [5.41, 5.74) is 0. The highest BCUT2D eigenvalue weighted by molar-refractivity contribution is 5.66. The molecular formula is C12H24O2. The summed E-state index contributed by atoms with van der Waals surface area (Å²) >= 11 is 0. The van der Waals surface area contributed by atoms with Crippen LogP contribution in [0.25, 0.3) is 0 Å². The number of carbonyl (C=O) groups excluding carboxylic acids is 1. The molecule has 0 aliphatic carbocycles. The molecule has 2 heteroatoms. The Labute approximate surface area is 88.3 Å². The van der Waals surface area contributed by atoms with Gasteiger partial charge in [0.25, 0.3) is 0 Å². The Morgan fingerprint density at radius 3 is 1.71 bits per heavy atom. The van der Waals surface area contributed by atoms with Crippen molar-refractivity contribution in [2.24, 2.45) is 0 Å². The fourth-order valence-corrected chi connectivity index (χ4v) is 0.971. The Morgan fingerprint density at radius 2 is 1.57 bits per heavy atom. The molecular weight excluding hydrogens is 176 g/mol. The van der Waals surface area contributed by atoms with Gasteiger partial charge in [0.15, 0.2) is 0 Å². The molecule has 0 atom stereocenters. The zero-order chi connectivity index (χ0) is 11.2. The summed E-state index contributed by atoms with van der Waals surface area (Å²) in [6.07, 6.45) is 9.59. The lowest BCUT2D eigenvalue weighted by atomic mass is 10.1. The van der Waals surface area contributed by atoms with Crippen LogP contribution in [0, 0.1) is 0 Å². The fourth-order valence-electron chi connectivity index (χ4n) is 0.971. The van der Waals surface area contributed by atoms with Crippen molar-refractivity contribution in [2.45, 2.75) is 59.3 Å². The van der Waals surface area contributed by atoms with E-state index in [0.29, 0.717) is 0 Å². The minimum Gasteiger partial charge on any atom is -0.435 e. The van der Waals surface area contributed by atoms with Crippen LogP contribution in [0.15, 0.2) is 12.8 Å². The summed E-state index contributed by atoms with van der Waals surface area (Å²) in [5, 5.41) is 0. The van der Waals surface area contributed by atoms with E-state index in [1.54, 1.807) is 0 Å². The zero-order valence-electron chi connectivity index (χ0n) is 9.84. The van der Waals surface area contributed by atoms with Crippen molar-refractivity contribution in [3.63, 3.8) is 0 Å². The number of rotatable bonds is 6. The molecule has 0 bridgehead atoms. The quantitative estimate of drug-likeness (QED) is 0.367. The smallest absolute Gasteiger partial charge is 0.307 e. The molecule has 0 N–H and O–H groups in total. The Bertz CT molecular complexity index is 124. The van der Waals surface area contributed by atoms with E-state index in [0.717, 1.165) is 6.26 Å². The van der Waals surface area contributed by atoms with Gasteiger partial charge in [-0.3, -0.25) is 4.79 Å². The highest BCUT2D eigenvalue weighted by Gasteiger charge is 1.83. The van der Waals surface area contributed by atoms with Crippen molar-refractivity contribution < 1.29 is 9.53 Å². The third-order valence-corrected chi connectivity index (χ3v) is 1.71. The standard InChI is InChI=1S/C8H18.C4H6O2/c1-3-5-7-8-6-4-2;1-3-6-4(2)5/h3-8H2,1-2H3;3H,1H2,2H3. The maximum atomic E-state index is 9.75. The first-order chi connectivity index (χ1) is 6.68. The first-order valence-electron chi connectivity index (χ1n) is 5.47. The molecule has 0 aliphatic rings. The maximum absolute atomic E-state index is 9.75. The van der Waals surface area contributed by atoms with E-state index in [4.69, 9.17) is 0 Å². The van der Waals surface area contributed by atoms with Crippen molar-refractivity contribution in [1.29, 1.82) is 0 Å². The van der Waals surface area contributed by atoms with Gasteiger partial charge in [0, 0.05) is 6.92 Å². The van der Waals surface area contributed by atoms with Crippen LogP contribution >= 0.6 is 0 Å². The molecule has 0 saturated heterocycles. The highest BCUT2D eigenvalue weighted by atomic mass is 16.5. The Balaban J connectivity index is 0. The molecule has 0 aromatic heterocycles. The van der Waals surface area contributed by atoms with E-state index in [9.17, 15) is 4.79 Å². The number of ether oxygens (including phenoxy) is 1. The molecule has 0 radical (unpaired) electrons. The van der Waals surface area contributed by atoms with Crippen molar-refractivity contribution >= 4 is 5.97 Å². The lowest BCUT2D eigenvalue weighted by Gasteiger charge is -1.93. The monoisotopic (exact) mass is 200 g/mol. The molecule has 2 nitrogen and oxygen atoms in total. The van der Waals surface area contributed by atoms with Crippen LogP contribution in [-0.2, 0) is 9.53 Å². The van der Waals surface area contributed by atoms with E-state index < -0.39 is 0 Å². The van der Waals surface area contributed by atoms with E-state index in [1.807, 2.05) is 0 Å². The molecule has 0 spiro atoms. The molecule has 0 fully saturated rings. The second-order valence-corrected chi connectivity index (χ2v) is 3.19. The lowest BCUT2D eigenvalue weighted by molar-refractivity contribution is -0.135. The molecule has 0 amide bonds. The molecule has 0 aromatic rings. The maximum Gasteiger partial charge on any atom is 0.307 e. The summed E-state index contributed by atoms with van der Waals surface area (Å²) in [6, 6.07) is 0. The van der Waals surface area contributed by atoms with Crippen LogP contribution in [0.3, 0.4) is 0 Å². The average molecular weight is 200 g/mol. The third-order valence-electron chi connectivity index (χ3n) is 1.71. The molecule has 0 aromatic carbocycles. The number of hydrogen-bond acceptors (Lipinski definition) is 2. The molecule has 0 unspecified atom stereocenters. The zero-order valence-corrected chi connectivity index (χ0v) is 9.84. The van der Waals surface area contributed by atoms with Gasteiger partial charge in [-0.2, -0.15) is 0 Å². The predicted molar refractivity (Wildman–Crippen MR) is 61.0 cm³/mol. The van der Waals surface area contributed by atoms with Crippen LogP contribution in [0.2, 0.25) is 0 Å². The normalized spacial score (nSPS) is 8.50. The molecule has 0 aliphatic heterocycles. The largest absolute Gasteiger partial charge is 0.435 e. The van der Waals surface area contributed by atoms with Crippen LogP contribution in [0.1, 0.15) is 59.3 Å². The van der Waals surface area contributed by atoms with Gasteiger partial charge in [-0.05, 0) is 0 Å². The van der Waals surface area contributed by atoms with Crippen molar-refractivity contribution in [2.75, 3.05) is 0 Å². The number of hydrogen-bond donors (Lipinski definition) is 0. The average Bonchev–Trinajstić information content (AvgIpc) is 2.13. The predicted octanol–water partition coefficient (Wildman–Crippen LogP) is 4.06. The summed E-state index contributed by atoms with van der Waals surface area (Å²) in [5.74, 6) is -0.329. The van der Waals surface area contributed by atoms with E-state index >= 15 is 0 Å². The van der Waals surface area contributed by atoms with Crippen molar-refractivity contribution in [3.05, 3.63) is 12.8 Å². The number of esters is 1. The van der Waals surface area contributed by atoms with Gasteiger partial charge >= 0.3 is 5.97 Å². The summed E-state index contributed by atoms with van der Waals surface area (Å²) < 4.78 is 4.17. The van der Waals surface area contributed by atoms with E-state index in [2.05, 4.69) is 25.2 Å². The summed E-state index contributed by atoms with van der Waals surface area (Å²) in [7, 11) is 0. The summed E-state index contributed by atoms with van der Waals surface area (Å²) in [4.78, 5) is 9.75. The van der Waals surface area contributed by atoms with Crippen molar-refractivity contribution in [1.82, 2.24) is 0 Å². The minimum atomic E-state index is -0.329. The number of unbranched alkanes of at least 4 members (excludes halogenated alkanes) is 5. The van der Waals surface area contributed by atoms with Gasteiger partial charge in [0.05, 0.1) is 6.26 Å². The highest BCUT2D eigenvalue weighted by Crippen LogP contribution is 2.03. The number of carbonyl (C=O) groups is 1. The fraction of sp³-hybridized carbons (Fsp3) is 0.750. The second kappa shape index (κ2) is 14.7. The minimum absolute atomic E-state index is 0.329.